The zero-order valence-corrected chi connectivity index (χ0v) is 12.3. The fourth-order valence-corrected chi connectivity index (χ4v) is 2.13. The molecule has 1 aromatic carbocycles. The zero-order valence-electron chi connectivity index (χ0n) is 12.3. The van der Waals surface area contributed by atoms with Crippen LogP contribution >= 0.6 is 0 Å². The number of ether oxygens (including phenoxy) is 1. The Hall–Kier alpha value is -1.09. The summed E-state index contributed by atoms with van der Waals surface area (Å²) in [7, 11) is 0. The summed E-state index contributed by atoms with van der Waals surface area (Å²) < 4.78 is 19.1. The molecule has 2 nitrogen and oxygen atoms in total. The summed E-state index contributed by atoms with van der Waals surface area (Å²) in [4.78, 5) is 0. The topological polar surface area (TPSA) is 21.3 Å². The molecule has 1 N–H and O–H groups in total. The van der Waals surface area contributed by atoms with Gasteiger partial charge in [-0.05, 0) is 56.0 Å². The number of halogens is 1. The summed E-state index contributed by atoms with van der Waals surface area (Å²) in [5.41, 5.74) is 1.12. The molecule has 0 saturated carbocycles. The van der Waals surface area contributed by atoms with Gasteiger partial charge in [0.25, 0.3) is 0 Å². The van der Waals surface area contributed by atoms with Crippen LogP contribution in [0.2, 0.25) is 0 Å². The van der Waals surface area contributed by atoms with Gasteiger partial charge in [-0.3, -0.25) is 0 Å². The van der Waals surface area contributed by atoms with Crippen LogP contribution in [0.3, 0.4) is 0 Å². The van der Waals surface area contributed by atoms with Crippen molar-refractivity contribution in [2.75, 3.05) is 19.7 Å². The molecule has 0 atom stereocenters. The Morgan fingerprint density at radius 3 is 2.58 bits per heavy atom. The van der Waals surface area contributed by atoms with Gasteiger partial charge in [0.05, 0.1) is 6.61 Å². The third-order valence-electron chi connectivity index (χ3n) is 3.34. The zero-order chi connectivity index (χ0) is 14.1. The molecule has 0 unspecified atom stereocenters. The molecule has 0 aromatic heterocycles. The van der Waals surface area contributed by atoms with E-state index in [2.05, 4.69) is 12.2 Å². The molecule has 1 heterocycles. The second kappa shape index (κ2) is 8.92. The Morgan fingerprint density at radius 1 is 1.26 bits per heavy atom. The van der Waals surface area contributed by atoms with Crippen LogP contribution in [0.1, 0.15) is 39.2 Å². The Kier molecular flexibility index (Phi) is 7.49. The molecule has 1 fully saturated rings. The normalized spacial score (nSPS) is 15.6. The molecule has 3 heteroatoms. The van der Waals surface area contributed by atoms with E-state index in [1.54, 1.807) is 0 Å². The van der Waals surface area contributed by atoms with Crippen molar-refractivity contribution in [3.05, 3.63) is 29.6 Å². The lowest BCUT2D eigenvalue weighted by Crippen LogP contribution is -2.30. The second-order valence-electron chi connectivity index (χ2n) is 4.62. The average Bonchev–Trinajstić information content (AvgIpc) is 2.49. The lowest BCUT2D eigenvalue weighted by atomic mass is 9.99. The fraction of sp³-hybridized carbons (Fsp3) is 0.625. The smallest absolute Gasteiger partial charge is 0.165 e. The predicted octanol–water partition coefficient (Wildman–Crippen LogP) is 3.79. The highest BCUT2D eigenvalue weighted by Gasteiger charge is 2.14. The molecule has 2 rings (SSSR count). The molecule has 1 aliphatic heterocycles. The van der Waals surface area contributed by atoms with Crippen LogP contribution in [0.25, 0.3) is 0 Å². The number of hydrogen-bond donors (Lipinski definition) is 1. The first kappa shape index (κ1) is 16.0. The molecular weight excluding hydrogens is 241 g/mol. The largest absolute Gasteiger partial charge is 0.490 e. The number of rotatable bonds is 4. The van der Waals surface area contributed by atoms with Gasteiger partial charge in [-0.25, -0.2) is 4.39 Å². The SMILES string of the molecule is CC.CCc1ccc(F)c(OCC2CCNCC2)c1. The van der Waals surface area contributed by atoms with Gasteiger partial charge in [0.2, 0.25) is 0 Å². The molecule has 1 saturated heterocycles. The number of piperidine rings is 1. The van der Waals surface area contributed by atoms with Crippen LogP contribution in [-0.2, 0) is 6.42 Å². The number of benzene rings is 1. The predicted molar refractivity (Wildman–Crippen MR) is 78.2 cm³/mol. The number of nitrogens with one attached hydrogen (secondary N) is 1. The molecule has 19 heavy (non-hydrogen) atoms. The first-order valence-corrected chi connectivity index (χ1v) is 7.41. The first-order valence-electron chi connectivity index (χ1n) is 7.41. The van der Waals surface area contributed by atoms with Crippen molar-refractivity contribution in [3.8, 4) is 5.75 Å². The van der Waals surface area contributed by atoms with Crippen molar-refractivity contribution in [1.82, 2.24) is 5.32 Å². The molecule has 108 valence electrons. The molecule has 0 aliphatic carbocycles. The van der Waals surface area contributed by atoms with Crippen molar-refractivity contribution >= 4 is 0 Å². The molecule has 1 aliphatic rings. The third kappa shape index (κ3) is 5.19. The highest BCUT2D eigenvalue weighted by molar-refractivity contribution is 5.30. The lowest BCUT2D eigenvalue weighted by molar-refractivity contribution is 0.208. The molecule has 0 radical (unpaired) electrons. The molecule has 1 aromatic rings. The Labute approximate surface area is 116 Å². The minimum Gasteiger partial charge on any atom is -0.490 e. The highest BCUT2D eigenvalue weighted by Crippen LogP contribution is 2.21. The van der Waals surface area contributed by atoms with Crippen molar-refractivity contribution in [2.45, 2.75) is 40.0 Å². The summed E-state index contributed by atoms with van der Waals surface area (Å²) in [5, 5.41) is 3.31. The van der Waals surface area contributed by atoms with E-state index >= 15 is 0 Å². The minimum atomic E-state index is -0.254. The molecule has 0 spiro atoms. The standard InChI is InChI=1S/C14H20FNO.C2H6/c1-2-11-3-4-13(15)14(9-11)17-10-12-5-7-16-8-6-12;1-2/h3-4,9,12,16H,2,5-8,10H2,1H3;1-2H3. The van der Waals surface area contributed by atoms with Gasteiger partial charge < -0.3 is 10.1 Å². The van der Waals surface area contributed by atoms with Crippen LogP contribution in [0.5, 0.6) is 5.75 Å². The summed E-state index contributed by atoms with van der Waals surface area (Å²) in [6.45, 7) is 8.78. The summed E-state index contributed by atoms with van der Waals surface area (Å²) in [6.07, 6.45) is 3.15. The van der Waals surface area contributed by atoms with Crippen LogP contribution in [0.4, 0.5) is 4.39 Å². The number of aryl methyl sites for hydroxylation is 1. The molecule has 0 bridgehead atoms. The first-order chi connectivity index (χ1) is 9.29. The van der Waals surface area contributed by atoms with E-state index in [0.717, 1.165) is 37.9 Å². The van der Waals surface area contributed by atoms with Gasteiger partial charge in [-0.15, -0.1) is 0 Å². The molecule has 0 amide bonds. The third-order valence-corrected chi connectivity index (χ3v) is 3.34. The fourth-order valence-electron chi connectivity index (χ4n) is 2.13. The average molecular weight is 267 g/mol. The van der Waals surface area contributed by atoms with Crippen LogP contribution in [0, 0.1) is 11.7 Å². The maximum absolute atomic E-state index is 13.5. The number of hydrogen-bond acceptors (Lipinski definition) is 2. The van der Waals surface area contributed by atoms with Crippen molar-refractivity contribution < 1.29 is 9.13 Å². The van der Waals surface area contributed by atoms with Crippen molar-refractivity contribution in [1.29, 1.82) is 0 Å². The quantitative estimate of drug-likeness (QED) is 0.896. The van der Waals surface area contributed by atoms with E-state index in [-0.39, 0.29) is 5.82 Å². The van der Waals surface area contributed by atoms with Crippen molar-refractivity contribution in [3.63, 3.8) is 0 Å². The Bertz CT molecular complexity index is 362. The van der Waals surface area contributed by atoms with Gasteiger partial charge in [0.15, 0.2) is 11.6 Å². The maximum atomic E-state index is 13.5. The maximum Gasteiger partial charge on any atom is 0.165 e. The van der Waals surface area contributed by atoms with Gasteiger partial charge in [-0.1, -0.05) is 26.8 Å². The van der Waals surface area contributed by atoms with Gasteiger partial charge >= 0.3 is 0 Å². The van der Waals surface area contributed by atoms with E-state index in [1.165, 1.54) is 6.07 Å². The Morgan fingerprint density at radius 2 is 1.95 bits per heavy atom. The lowest BCUT2D eigenvalue weighted by Gasteiger charge is -2.22. The molecular formula is C16H26FNO. The minimum absolute atomic E-state index is 0.254. The van der Waals surface area contributed by atoms with Crippen LogP contribution in [-0.4, -0.2) is 19.7 Å². The van der Waals surface area contributed by atoms with Gasteiger partial charge in [0.1, 0.15) is 0 Å². The van der Waals surface area contributed by atoms with E-state index in [1.807, 2.05) is 26.0 Å². The van der Waals surface area contributed by atoms with Gasteiger partial charge in [0, 0.05) is 0 Å². The summed E-state index contributed by atoms with van der Waals surface area (Å²) in [5.74, 6) is 0.708. The van der Waals surface area contributed by atoms with Crippen LogP contribution < -0.4 is 10.1 Å². The van der Waals surface area contributed by atoms with E-state index in [9.17, 15) is 4.39 Å². The monoisotopic (exact) mass is 267 g/mol. The highest BCUT2D eigenvalue weighted by atomic mass is 19.1. The summed E-state index contributed by atoms with van der Waals surface area (Å²) in [6, 6.07) is 5.12. The van der Waals surface area contributed by atoms with E-state index in [0.29, 0.717) is 18.3 Å². The van der Waals surface area contributed by atoms with E-state index in [4.69, 9.17) is 4.74 Å². The second-order valence-corrected chi connectivity index (χ2v) is 4.62. The van der Waals surface area contributed by atoms with E-state index < -0.39 is 0 Å². The Balaban J connectivity index is 0.000000861. The van der Waals surface area contributed by atoms with Gasteiger partial charge in [-0.2, -0.15) is 0 Å². The van der Waals surface area contributed by atoms with Crippen LogP contribution in [0.15, 0.2) is 18.2 Å². The van der Waals surface area contributed by atoms with Crippen molar-refractivity contribution in [2.24, 2.45) is 5.92 Å². The summed E-state index contributed by atoms with van der Waals surface area (Å²) >= 11 is 0.